The maximum atomic E-state index is 11.8. The van der Waals surface area contributed by atoms with Crippen molar-refractivity contribution in [3.63, 3.8) is 0 Å². The van der Waals surface area contributed by atoms with Gasteiger partial charge in [-0.15, -0.1) is 11.3 Å². The molecule has 1 fully saturated rings. The minimum atomic E-state index is 0.0349. The van der Waals surface area contributed by atoms with E-state index in [9.17, 15) is 4.79 Å². The lowest BCUT2D eigenvalue weighted by Gasteiger charge is -2.08. The van der Waals surface area contributed by atoms with E-state index in [-0.39, 0.29) is 5.91 Å². The average Bonchev–Trinajstić information content (AvgIpc) is 3.01. The van der Waals surface area contributed by atoms with Crippen LogP contribution in [0.2, 0.25) is 0 Å². The van der Waals surface area contributed by atoms with Crippen molar-refractivity contribution in [2.24, 2.45) is 5.92 Å². The first kappa shape index (κ1) is 11.7. The fraction of sp³-hybridized carbons (Fsp3) is 0.500. The van der Waals surface area contributed by atoms with Gasteiger partial charge in [0.1, 0.15) is 0 Å². The summed E-state index contributed by atoms with van der Waals surface area (Å²) in [7, 11) is 0. The molecule has 5 nitrogen and oxygen atoms in total. The predicted octanol–water partition coefficient (Wildman–Crippen LogP) is 1.09. The molecule has 2 aromatic rings. The average molecular weight is 265 g/mol. The minimum Gasteiger partial charge on any atom is -0.381 e. The lowest BCUT2D eigenvalue weighted by atomic mass is 10.1. The van der Waals surface area contributed by atoms with Crippen LogP contribution in [0.1, 0.15) is 12.1 Å². The van der Waals surface area contributed by atoms with E-state index in [0.717, 1.165) is 30.3 Å². The molecule has 0 aliphatic carbocycles. The van der Waals surface area contributed by atoms with Gasteiger partial charge in [-0.1, -0.05) is 0 Å². The highest BCUT2D eigenvalue weighted by Gasteiger charge is 2.16. The summed E-state index contributed by atoms with van der Waals surface area (Å²) in [4.78, 5) is 17.1. The lowest BCUT2D eigenvalue weighted by molar-refractivity contribution is -0.120. The number of nitrogens with zero attached hydrogens (tertiary/aromatic N) is 2. The molecule has 96 valence electrons. The van der Waals surface area contributed by atoms with Crippen LogP contribution in [0.4, 0.5) is 0 Å². The Morgan fingerprint density at radius 2 is 2.61 bits per heavy atom. The van der Waals surface area contributed by atoms with Gasteiger partial charge in [0, 0.05) is 36.8 Å². The van der Waals surface area contributed by atoms with Crippen molar-refractivity contribution in [3.05, 3.63) is 23.5 Å². The molecular formula is C12H15N3O2S. The predicted molar refractivity (Wildman–Crippen MR) is 68.7 cm³/mol. The zero-order valence-corrected chi connectivity index (χ0v) is 10.8. The van der Waals surface area contributed by atoms with Crippen LogP contribution in [0.25, 0.3) is 4.96 Å². The van der Waals surface area contributed by atoms with E-state index in [2.05, 4.69) is 10.3 Å². The van der Waals surface area contributed by atoms with Crippen molar-refractivity contribution in [1.29, 1.82) is 0 Å². The quantitative estimate of drug-likeness (QED) is 0.900. The number of hydrogen-bond donors (Lipinski definition) is 1. The number of amides is 1. The van der Waals surface area contributed by atoms with Crippen LogP contribution in [0.5, 0.6) is 0 Å². The van der Waals surface area contributed by atoms with Crippen LogP contribution < -0.4 is 5.32 Å². The third kappa shape index (κ3) is 2.54. The van der Waals surface area contributed by atoms with Gasteiger partial charge in [0.15, 0.2) is 4.96 Å². The largest absolute Gasteiger partial charge is 0.381 e. The van der Waals surface area contributed by atoms with Gasteiger partial charge < -0.3 is 10.1 Å². The first-order chi connectivity index (χ1) is 8.81. The second kappa shape index (κ2) is 5.07. The van der Waals surface area contributed by atoms with Gasteiger partial charge in [0.25, 0.3) is 0 Å². The summed E-state index contributed by atoms with van der Waals surface area (Å²) in [5, 5.41) is 4.92. The second-order valence-electron chi connectivity index (χ2n) is 4.54. The minimum absolute atomic E-state index is 0.0349. The number of ether oxygens (including phenoxy) is 1. The second-order valence-corrected chi connectivity index (χ2v) is 5.41. The Balaban J connectivity index is 1.52. The Labute approximate surface area is 109 Å². The van der Waals surface area contributed by atoms with Crippen LogP contribution in [-0.4, -0.2) is 35.1 Å². The molecule has 0 aromatic carbocycles. The zero-order chi connectivity index (χ0) is 12.4. The highest BCUT2D eigenvalue weighted by atomic mass is 32.1. The topological polar surface area (TPSA) is 55.6 Å². The summed E-state index contributed by atoms with van der Waals surface area (Å²) in [5.41, 5.74) is 0.821. The number of carbonyl (C=O) groups is 1. The number of rotatable bonds is 4. The SMILES string of the molecule is O=C(Cc1cn2ccsc2n1)NCC1CCOC1. The molecule has 1 saturated heterocycles. The highest BCUT2D eigenvalue weighted by molar-refractivity contribution is 7.15. The van der Waals surface area contributed by atoms with Gasteiger partial charge in [-0.25, -0.2) is 4.98 Å². The van der Waals surface area contributed by atoms with Crippen LogP contribution >= 0.6 is 11.3 Å². The first-order valence-corrected chi connectivity index (χ1v) is 6.95. The van der Waals surface area contributed by atoms with Gasteiger partial charge >= 0.3 is 0 Å². The molecule has 6 heteroatoms. The number of carbonyl (C=O) groups excluding carboxylic acids is 1. The number of thiazole rings is 1. The van der Waals surface area contributed by atoms with Crippen molar-refractivity contribution in [3.8, 4) is 0 Å². The third-order valence-electron chi connectivity index (χ3n) is 3.10. The molecule has 2 aromatic heterocycles. The molecule has 1 aliphatic heterocycles. The number of hydrogen-bond acceptors (Lipinski definition) is 4. The molecule has 0 bridgehead atoms. The van der Waals surface area contributed by atoms with E-state index in [1.807, 2.05) is 22.2 Å². The fourth-order valence-corrected chi connectivity index (χ4v) is 2.81. The molecule has 1 atom stereocenters. The van der Waals surface area contributed by atoms with Crippen molar-refractivity contribution >= 4 is 22.2 Å². The van der Waals surface area contributed by atoms with Crippen molar-refractivity contribution in [2.45, 2.75) is 12.8 Å². The summed E-state index contributed by atoms with van der Waals surface area (Å²) in [6.07, 6.45) is 5.25. The van der Waals surface area contributed by atoms with Gasteiger partial charge in [0.05, 0.1) is 18.7 Å². The van der Waals surface area contributed by atoms with Crippen LogP contribution in [-0.2, 0) is 16.0 Å². The van der Waals surface area contributed by atoms with Crippen molar-refractivity contribution in [1.82, 2.24) is 14.7 Å². The smallest absolute Gasteiger partial charge is 0.226 e. The Morgan fingerprint density at radius 3 is 3.39 bits per heavy atom. The van der Waals surface area contributed by atoms with Gasteiger partial charge in [-0.3, -0.25) is 9.20 Å². The molecule has 1 N–H and O–H groups in total. The number of aromatic nitrogens is 2. The fourth-order valence-electron chi connectivity index (χ4n) is 2.09. The number of fused-ring (bicyclic) bond motifs is 1. The zero-order valence-electron chi connectivity index (χ0n) is 9.96. The van der Waals surface area contributed by atoms with E-state index in [1.165, 1.54) is 0 Å². The first-order valence-electron chi connectivity index (χ1n) is 6.07. The van der Waals surface area contributed by atoms with Crippen LogP contribution in [0, 0.1) is 5.92 Å². The van der Waals surface area contributed by atoms with Gasteiger partial charge in [-0.2, -0.15) is 0 Å². The van der Waals surface area contributed by atoms with Crippen LogP contribution in [0.15, 0.2) is 17.8 Å². The molecule has 1 unspecified atom stereocenters. The summed E-state index contributed by atoms with van der Waals surface area (Å²) in [6.45, 7) is 2.29. The number of imidazole rings is 1. The monoisotopic (exact) mass is 265 g/mol. The summed E-state index contributed by atoms with van der Waals surface area (Å²) in [5.74, 6) is 0.507. The summed E-state index contributed by atoms with van der Waals surface area (Å²) >= 11 is 1.57. The van der Waals surface area contributed by atoms with E-state index in [0.29, 0.717) is 18.9 Å². The Morgan fingerprint density at radius 1 is 1.67 bits per heavy atom. The van der Waals surface area contributed by atoms with E-state index in [4.69, 9.17) is 4.74 Å². The summed E-state index contributed by atoms with van der Waals surface area (Å²) in [6, 6.07) is 0. The molecule has 1 aliphatic rings. The Kier molecular flexibility index (Phi) is 3.29. The summed E-state index contributed by atoms with van der Waals surface area (Å²) < 4.78 is 7.21. The third-order valence-corrected chi connectivity index (χ3v) is 3.87. The molecule has 1 amide bonds. The molecule has 0 radical (unpaired) electrons. The molecule has 0 spiro atoms. The normalized spacial score (nSPS) is 19.4. The highest BCUT2D eigenvalue weighted by Crippen LogP contribution is 2.12. The van der Waals surface area contributed by atoms with Crippen molar-refractivity contribution < 1.29 is 9.53 Å². The van der Waals surface area contributed by atoms with Gasteiger partial charge in [-0.05, 0) is 6.42 Å². The molecular weight excluding hydrogens is 250 g/mol. The van der Waals surface area contributed by atoms with Gasteiger partial charge in [0.2, 0.25) is 5.91 Å². The molecule has 3 heterocycles. The lowest BCUT2D eigenvalue weighted by Crippen LogP contribution is -2.30. The Bertz CT molecular complexity index is 514. The van der Waals surface area contributed by atoms with Crippen LogP contribution in [0.3, 0.4) is 0 Å². The van der Waals surface area contributed by atoms with E-state index >= 15 is 0 Å². The van der Waals surface area contributed by atoms with E-state index < -0.39 is 0 Å². The Hall–Kier alpha value is -1.40. The molecule has 0 saturated carbocycles. The maximum Gasteiger partial charge on any atom is 0.226 e. The standard InChI is InChI=1S/C12H15N3O2S/c16-11(13-6-9-1-3-17-8-9)5-10-7-15-2-4-18-12(15)14-10/h2,4,7,9H,1,3,5-6,8H2,(H,13,16). The van der Waals surface area contributed by atoms with E-state index in [1.54, 1.807) is 11.3 Å². The number of nitrogens with one attached hydrogen (secondary N) is 1. The molecule has 3 rings (SSSR count). The maximum absolute atomic E-state index is 11.8. The molecule has 18 heavy (non-hydrogen) atoms. The van der Waals surface area contributed by atoms with Crippen molar-refractivity contribution in [2.75, 3.05) is 19.8 Å².